The first-order valence-electron chi connectivity index (χ1n) is 11.3. The highest BCUT2D eigenvalue weighted by atomic mass is 32.2. The lowest BCUT2D eigenvalue weighted by molar-refractivity contribution is -0.384. The Labute approximate surface area is 218 Å². The van der Waals surface area contributed by atoms with Gasteiger partial charge in [0.15, 0.2) is 5.75 Å². The van der Waals surface area contributed by atoms with Crippen molar-refractivity contribution in [2.45, 2.75) is 18.7 Å². The Bertz CT molecular complexity index is 1750. The van der Waals surface area contributed by atoms with Crippen LogP contribution in [0.5, 0.6) is 5.75 Å². The molecule has 0 aliphatic rings. The van der Waals surface area contributed by atoms with Gasteiger partial charge in [0.1, 0.15) is 22.2 Å². The maximum atomic E-state index is 13.0. The molecule has 9 nitrogen and oxygen atoms in total. The Morgan fingerprint density at radius 3 is 2.37 bits per heavy atom. The van der Waals surface area contributed by atoms with Crippen LogP contribution in [0.25, 0.3) is 16.8 Å². The van der Waals surface area contributed by atoms with Crippen LogP contribution < -0.4 is 9.50 Å². The van der Waals surface area contributed by atoms with Gasteiger partial charge in [0.2, 0.25) is 0 Å². The molecule has 0 aliphatic carbocycles. The van der Waals surface area contributed by atoms with Crippen LogP contribution in [-0.4, -0.2) is 19.2 Å². The molecular formula is C28H21N3O6S. The van der Waals surface area contributed by atoms with Crippen molar-refractivity contribution < 1.29 is 22.3 Å². The van der Waals surface area contributed by atoms with E-state index in [1.807, 2.05) is 6.92 Å². The first-order valence-corrected chi connectivity index (χ1v) is 12.7. The van der Waals surface area contributed by atoms with E-state index in [2.05, 4.69) is 5.32 Å². The number of carbonyl (C=O) groups excluding carboxylic acids is 1. The minimum absolute atomic E-state index is 0.0591. The summed E-state index contributed by atoms with van der Waals surface area (Å²) in [6.45, 7) is 3.50. The second-order valence-corrected chi connectivity index (χ2v) is 10.00. The molecule has 0 saturated carbocycles. The average Bonchev–Trinajstić information content (AvgIpc) is 2.89. The molecule has 190 valence electrons. The van der Waals surface area contributed by atoms with Crippen molar-refractivity contribution in [2.75, 3.05) is 5.32 Å². The normalized spacial score (nSPS) is 11.6. The summed E-state index contributed by atoms with van der Waals surface area (Å²) in [6.07, 6.45) is 1.21. The molecule has 0 heterocycles. The van der Waals surface area contributed by atoms with E-state index in [0.29, 0.717) is 16.3 Å². The minimum Gasteiger partial charge on any atom is -0.378 e. The topological polar surface area (TPSA) is 139 Å². The highest BCUT2D eigenvalue weighted by molar-refractivity contribution is 7.87. The van der Waals surface area contributed by atoms with Crippen LogP contribution in [0.4, 0.5) is 11.4 Å². The molecule has 0 saturated heterocycles. The molecule has 4 aromatic rings. The number of aryl methyl sites for hydroxylation is 2. The molecule has 1 N–H and O–H groups in total. The molecule has 0 bridgehead atoms. The Hall–Kier alpha value is -5.01. The van der Waals surface area contributed by atoms with E-state index < -0.39 is 26.5 Å². The zero-order chi connectivity index (χ0) is 27.4. The quantitative estimate of drug-likeness (QED) is 0.107. The maximum Gasteiger partial charge on any atom is 0.339 e. The first-order chi connectivity index (χ1) is 18.1. The largest absolute Gasteiger partial charge is 0.378 e. The third-order valence-corrected chi connectivity index (χ3v) is 6.94. The molecule has 0 radical (unpaired) electrons. The number of rotatable bonds is 7. The predicted octanol–water partition coefficient (Wildman–Crippen LogP) is 5.68. The highest BCUT2D eigenvalue weighted by Gasteiger charge is 2.22. The van der Waals surface area contributed by atoms with Crippen LogP contribution in [0.3, 0.4) is 0 Å². The molecule has 1 amide bonds. The summed E-state index contributed by atoms with van der Waals surface area (Å²) in [4.78, 5) is 23.8. The Morgan fingerprint density at radius 2 is 1.68 bits per heavy atom. The lowest BCUT2D eigenvalue weighted by atomic mass is 10.0. The van der Waals surface area contributed by atoms with E-state index >= 15 is 0 Å². The fraction of sp³-hybridized carbons (Fsp3) is 0.0714. The summed E-state index contributed by atoms with van der Waals surface area (Å²) in [5.41, 5.74) is 0.865. The first kappa shape index (κ1) is 26.1. The summed E-state index contributed by atoms with van der Waals surface area (Å²) in [7, 11) is -4.24. The Kier molecular flexibility index (Phi) is 7.23. The lowest BCUT2D eigenvalue weighted by Crippen LogP contribution is -2.15. The highest BCUT2D eigenvalue weighted by Crippen LogP contribution is 2.33. The van der Waals surface area contributed by atoms with Gasteiger partial charge in [0, 0.05) is 11.6 Å². The van der Waals surface area contributed by atoms with Crippen molar-refractivity contribution >= 4 is 44.2 Å². The smallest absolute Gasteiger partial charge is 0.339 e. The number of fused-ring (bicyclic) bond motifs is 1. The van der Waals surface area contributed by atoms with Crippen LogP contribution in [0, 0.1) is 35.3 Å². The van der Waals surface area contributed by atoms with Crippen molar-refractivity contribution in [3.05, 3.63) is 111 Å². The number of anilines is 1. The van der Waals surface area contributed by atoms with Gasteiger partial charge in [-0.15, -0.1) is 0 Å². The van der Waals surface area contributed by atoms with Crippen LogP contribution in [0.2, 0.25) is 0 Å². The summed E-state index contributed by atoms with van der Waals surface area (Å²) >= 11 is 0. The van der Waals surface area contributed by atoms with E-state index in [1.54, 1.807) is 61.5 Å². The van der Waals surface area contributed by atoms with Crippen LogP contribution in [0.1, 0.15) is 16.7 Å². The second kappa shape index (κ2) is 10.5. The molecule has 4 rings (SSSR count). The van der Waals surface area contributed by atoms with E-state index in [9.17, 15) is 28.6 Å². The predicted molar refractivity (Wildman–Crippen MR) is 143 cm³/mol. The number of nitrogens with one attached hydrogen (secondary N) is 1. The fourth-order valence-electron chi connectivity index (χ4n) is 3.75. The third kappa shape index (κ3) is 5.53. The number of nitro benzene ring substituents is 1. The van der Waals surface area contributed by atoms with Gasteiger partial charge in [-0.1, -0.05) is 54.1 Å². The van der Waals surface area contributed by atoms with Crippen molar-refractivity contribution in [1.82, 2.24) is 0 Å². The van der Waals surface area contributed by atoms with Crippen LogP contribution >= 0.6 is 0 Å². The number of hydrogen-bond donors (Lipinski definition) is 1. The number of nitro groups is 1. The van der Waals surface area contributed by atoms with Crippen LogP contribution in [0.15, 0.2) is 89.3 Å². The number of nitriles is 1. The van der Waals surface area contributed by atoms with Gasteiger partial charge in [0.05, 0.1) is 4.92 Å². The molecule has 0 aromatic heterocycles. The Morgan fingerprint density at radius 1 is 1.00 bits per heavy atom. The number of nitrogens with zero attached hydrogens (tertiary/aromatic N) is 2. The van der Waals surface area contributed by atoms with E-state index in [-0.39, 0.29) is 27.6 Å². The molecule has 4 aromatic carbocycles. The summed E-state index contributed by atoms with van der Waals surface area (Å²) in [6, 6.07) is 22.3. The molecule has 10 heteroatoms. The van der Waals surface area contributed by atoms with E-state index in [1.165, 1.54) is 36.4 Å². The summed E-state index contributed by atoms with van der Waals surface area (Å²) < 4.78 is 31.5. The number of amides is 1. The number of benzene rings is 4. The van der Waals surface area contributed by atoms with Gasteiger partial charge in [0.25, 0.3) is 11.6 Å². The van der Waals surface area contributed by atoms with Crippen molar-refractivity contribution in [1.29, 1.82) is 5.26 Å². The van der Waals surface area contributed by atoms with Crippen molar-refractivity contribution in [3.8, 4) is 11.8 Å². The molecule has 0 aliphatic heterocycles. The molecule has 0 atom stereocenters. The van der Waals surface area contributed by atoms with Gasteiger partial charge in [-0.2, -0.15) is 13.7 Å². The molecule has 0 unspecified atom stereocenters. The summed E-state index contributed by atoms with van der Waals surface area (Å²) in [5.74, 6) is -0.995. The average molecular weight is 528 g/mol. The van der Waals surface area contributed by atoms with E-state index in [0.717, 1.165) is 5.56 Å². The van der Waals surface area contributed by atoms with E-state index in [4.69, 9.17) is 4.18 Å². The Balaban J connectivity index is 1.79. The summed E-state index contributed by atoms with van der Waals surface area (Å²) in [5, 5.41) is 24.9. The maximum absolute atomic E-state index is 13.0. The second-order valence-electron chi connectivity index (χ2n) is 8.45. The molecule has 0 spiro atoms. The number of carbonyl (C=O) groups is 1. The van der Waals surface area contributed by atoms with Gasteiger partial charge in [-0.05, 0) is 60.5 Å². The third-order valence-electron chi connectivity index (χ3n) is 5.69. The molecule has 38 heavy (non-hydrogen) atoms. The molecule has 0 fully saturated rings. The SMILES string of the molecule is Cc1ccc(S(=O)(=O)Oc2ccc3ccccc3c2/C=C(\C#N)C(=O)Nc2ccc(C)cc2[N+](=O)[O-])cc1. The van der Waals surface area contributed by atoms with Crippen LogP contribution in [-0.2, 0) is 14.9 Å². The van der Waals surface area contributed by atoms with Crippen molar-refractivity contribution in [2.24, 2.45) is 0 Å². The zero-order valence-corrected chi connectivity index (χ0v) is 21.2. The minimum atomic E-state index is -4.24. The van der Waals surface area contributed by atoms with Gasteiger partial charge >= 0.3 is 10.1 Å². The fourth-order valence-corrected chi connectivity index (χ4v) is 4.70. The number of hydrogen-bond acceptors (Lipinski definition) is 7. The zero-order valence-electron chi connectivity index (χ0n) is 20.3. The van der Waals surface area contributed by atoms with Crippen molar-refractivity contribution in [3.63, 3.8) is 0 Å². The monoisotopic (exact) mass is 527 g/mol. The van der Waals surface area contributed by atoms with Gasteiger partial charge in [-0.3, -0.25) is 14.9 Å². The molecular weight excluding hydrogens is 506 g/mol. The standard InChI is InChI=1S/C28H21N3O6S/c1-18-7-11-22(12-8-18)38(35,36)37-27-14-10-20-5-3-4-6-23(20)24(27)16-21(17-29)28(32)30-25-13-9-19(2)15-26(25)31(33)34/h3-16H,1-2H3,(H,30,32)/b21-16+. The van der Waals surface area contributed by atoms with Gasteiger partial charge in [-0.25, -0.2) is 0 Å². The lowest BCUT2D eigenvalue weighted by Gasteiger charge is -2.13. The van der Waals surface area contributed by atoms with Gasteiger partial charge < -0.3 is 9.50 Å².